The summed E-state index contributed by atoms with van der Waals surface area (Å²) in [5.74, 6) is -0.534. The number of benzene rings is 1. The molecule has 3 nitrogen and oxygen atoms in total. The highest BCUT2D eigenvalue weighted by Gasteiger charge is 2.43. The Bertz CT molecular complexity index is 607. The zero-order valence-corrected chi connectivity index (χ0v) is 13.5. The van der Waals surface area contributed by atoms with Gasteiger partial charge in [0.05, 0.1) is 5.57 Å². The van der Waals surface area contributed by atoms with Gasteiger partial charge in [0.2, 0.25) is 0 Å². The number of hydrogen-bond acceptors (Lipinski definition) is 3. The van der Waals surface area contributed by atoms with Gasteiger partial charge in [-0.2, -0.15) is 0 Å². The van der Waals surface area contributed by atoms with Gasteiger partial charge < -0.3 is 9.84 Å². The van der Waals surface area contributed by atoms with Crippen LogP contribution < -0.4 is 0 Å². The second kappa shape index (κ2) is 6.61. The first-order chi connectivity index (χ1) is 11.2. The Hall–Kier alpha value is -2.03. The van der Waals surface area contributed by atoms with Crippen molar-refractivity contribution in [3.05, 3.63) is 59.9 Å². The molecule has 1 saturated carbocycles. The second-order valence-corrected chi connectivity index (χ2v) is 6.65. The first-order valence-corrected chi connectivity index (χ1v) is 8.48. The van der Waals surface area contributed by atoms with Gasteiger partial charge in [-0.1, -0.05) is 49.2 Å². The topological polar surface area (TPSA) is 46.5 Å². The fourth-order valence-corrected chi connectivity index (χ4v) is 3.85. The first-order valence-electron chi connectivity index (χ1n) is 8.48. The molecule has 0 radical (unpaired) electrons. The van der Waals surface area contributed by atoms with Crippen LogP contribution in [0.2, 0.25) is 0 Å². The van der Waals surface area contributed by atoms with Crippen LogP contribution in [0.25, 0.3) is 0 Å². The molecule has 1 aromatic carbocycles. The number of hydrogen-bond donors (Lipinski definition) is 1. The molecular formula is C20H24O3. The van der Waals surface area contributed by atoms with Gasteiger partial charge in [0.15, 0.2) is 0 Å². The van der Waals surface area contributed by atoms with Gasteiger partial charge in [-0.3, -0.25) is 0 Å². The summed E-state index contributed by atoms with van der Waals surface area (Å²) in [6, 6.07) is 9.65. The van der Waals surface area contributed by atoms with Gasteiger partial charge in [0.25, 0.3) is 0 Å². The first kappa shape index (κ1) is 15.9. The van der Waals surface area contributed by atoms with E-state index < -0.39 is 5.60 Å². The van der Waals surface area contributed by atoms with E-state index in [1.54, 1.807) is 6.08 Å². The summed E-state index contributed by atoms with van der Waals surface area (Å²) < 4.78 is 5.88. The summed E-state index contributed by atoms with van der Waals surface area (Å²) in [5.41, 5.74) is 0.794. The maximum Gasteiger partial charge on any atom is 0.338 e. The Kier molecular flexibility index (Phi) is 4.56. The van der Waals surface area contributed by atoms with Crippen molar-refractivity contribution in [2.24, 2.45) is 0 Å². The van der Waals surface area contributed by atoms with Crippen molar-refractivity contribution < 1.29 is 14.6 Å². The van der Waals surface area contributed by atoms with Crippen molar-refractivity contribution in [3.63, 3.8) is 0 Å². The Balaban J connectivity index is 1.93. The van der Waals surface area contributed by atoms with Gasteiger partial charge in [-0.05, 0) is 31.2 Å². The number of esters is 1. The summed E-state index contributed by atoms with van der Waals surface area (Å²) in [5, 5.41) is 10.6. The Labute approximate surface area is 137 Å². The molecule has 3 rings (SSSR count). The predicted molar refractivity (Wildman–Crippen MR) is 90.2 cm³/mol. The van der Waals surface area contributed by atoms with Crippen LogP contribution in [0.4, 0.5) is 0 Å². The minimum absolute atomic E-state index is 0.178. The number of aliphatic hydroxyl groups excluding tert-OH is 1. The summed E-state index contributed by atoms with van der Waals surface area (Å²) in [6.07, 6.45) is 8.30. The largest absolute Gasteiger partial charge is 0.512 e. The molecule has 0 unspecified atom stereocenters. The lowest BCUT2D eigenvalue weighted by Gasteiger charge is -2.37. The van der Waals surface area contributed by atoms with Gasteiger partial charge in [0, 0.05) is 12.3 Å². The average Bonchev–Trinajstić information content (AvgIpc) is 2.77. The highest BCUT2D eigenvalue weighted by Crippen LogP contribution is 2.42. The van der Waals surface area contributed by atoms with Crippen LogP contribution in [0.5, 0.6) is 0 Å². The minimum Gasteiger partial charge on any atom is -0.512 e. The molecule has 0 bridgehead atoms. The van der Waals surface area contributed by atoms with Gasteiger partial charge in [0.1, 0.15) is 11.4 Å². The molecule has 1 aliphatic heterocycles. The molecule has 0 aromatic heterocycles. The van der Waals surface area contributed by atoms with Crippen LogP contribution in [0.1, 0.15) is 56.4 Å². The Morgan fingerprint density at radius 3 is 2.35 bits per heavy atom. The average molecular weight is 312 g/mol. The van der Waals surface area contributed by atoms with Crippen LogP contribution in [-0.4, -0.2) is 16.7 Å². The number of ether oxygens (including phenoxy) is 1. The third-order valence-corrected chi connectivity index (χ3v) is 5.05. The quantitative estimate of drug-likeness (QED) is 0.643. The van der Waals surface area contributed by atoms with Crippen LogP contribution in [0.15, 0.2) is 54.3 Å². The van der Waals surface area contributed by atoms with Crippen molar-refractivity contribution in [2.45, 2.75) is 56.5 Å². The lowest BCUT2D eigenvalue weighted by molar-refractivity contribution is -0.160. The highest BCUT2D eigenvalue weighted by atomic mass is 16.6. The number of aliphatic hydroxyl groups is 1. The van der Waals surface area contributed by atoms with Gasteiger partial charge >= 0.3 is 5.97 Å². The summed E-state index contributed by atoms with van der Waals surface area (Å²) in [7, 11) is 0. The molecule has 122 valence electrons. The fourth-order valence-electron chi connectivity index (χ4n) is 3.85. The smallest absolute Gasteiger partial charge is 0.338 e. The Morgan fingerprint density at radius 2 is 1.78 bits per heavy atom. The van der Waals surface area contributed by atoms with Crippen molar-refractivity contribution in [2.75, 3.05) is 0 Å². The van der Waals surface area contributed by atoms with E-state index in [2.05, 4.69) is 6.58 Å². The molecule has 1 atom stereocenters. The van der Waals surface area contributed by atoms with E-state index >= 15 is 0 Å². The van der Waals surface area contributed by atoms with E-state index in [0.717, 1.165) is 31.2 Å². The highest BCUT2D eigenvalue weighted by molar-refractivity contribution is 5.92. The molecule has 1 spiro atoms. The lowest BCUT2D eigenvalue weighted by Crippen LogP contribution is -2.40. The maximum atomic E-state index is 12.7. The van der Waals surface area contributed by atoms with E-state index in [0.29, 0.717) is 12.0 Å². The molecule has 0 amide bonds. The summed E-state index contributed by atoms with van der Waals surface area (Å²) >= 11 is 0. The van der Waals surface area contributed by atoms with Crippen LogP contribution >= 0.6 is 0 Å². The molecule has 1 heterocycles. The number of carbonyl (C=O) groups excluding carboxylic acids is 1. The number of allylic oxidation sites excluding steroid dienone is 1. The van der Waals surface area contributed by atoms with E-state index in [-0.39, 0.29) is 17.6 Å². The third-order valence-electron chi connectivity index (χ3n) is 5.05. The standard InChI is InChI=1S/C20H24O3/c1-2-16(15-10-6-5-7-11-15)18-17(21)14-20(23-19(18)22)12-8-3-4-9-13-20/h2,5-7,10-11,16,21H,1,3-4,8-9,12-14H2/t16-/m1/s1. The minimum atomic E-state index is -0.496. The molecule has 3 heteroatoms. The maximum absolute atomic E-state index is 12.7. The molecule has 1 fully saturated rings. The molecule has 1 N–H and O–H groups in total. The van der Waals surface area contributed by atoms with Gasteiger partial charge in [-0.15, -0.1) is 6.58 Å². The number of carbonyl (C=O) groups is 1. The van der Waals surface area contributed by atoms with E-state index in [4.69, 9.17) is 4.74 Å². The van der Waals surface area contributed by atoms with Crippen molar-refractivity contribution in [1.29, 1.82) is 0 Å². The van der Waals surface area contributed by atoms with E-state index in [1.165, 1.54) is 12.8 Å². The molecular weight excluding hydrogens is 288 g/mol. The number of rotatable bonds is 3. The van der Waals surface area contributed by atoms with Gasteiger partial charge in [-0.25, -0.2) is 4.79 Å². The SMILES string of the molecule is C=C[C@@H](C1=C(O)CC2(CCCCCC2)OC1=O)c1ccccc1. The van der Waals surface area contributed by atoms with Crippen molar-refractivity contribution in [1.82, 2.24) is 0 Å². The van der Waals surface area contributed by atoms with Crippen LogP contribution in [-0.2, 0) is 9.53 Å². The molecule has 0 saturated heterocycles. The van der Waals surface area contributed by atoms with E-state index in [9.17, 15) is 9.90 Å². The molecule has 1 aliphatic carbocycles. The summed E-state index contributed by atoms with van der Waals surface area (Å²) in [6.45, 7) is 3.85. The molecule has 1 aromatic rings. The van der Waals surface area contributed by atoms with Crippen LogP contribution in [0.3, 0.4) is 0 Å². The normalized spacial score (nSPS) is 22.3. The Morgan fingerprint density at radius 1 is 1.13 bits per heavy atom. The second-order valence-electron chi connectivity index (χ2n) is 6.65. The van der Waals surface area contributed by atoms with Crippen molar-refractivity contribution >= 4 is 5.97 Å². The summed E-state index contributed by atoms with van der Waals surface area (Å²) in [4.78, 5) is 12.7. The zero-order chi connectivity index (χ0) is 16.3. The predicted octanol–water partition coefficient (Wildman–Crippen LogP) is 4.81. The third kappa shape index (κ3) is 3.19. The van der Waals surface area contributed by atoms with Crippen molar-refractivity contribution in [3.8, 4) is 0 Å². The molecule has 2 aliphatic rings. The zero-order valence-electron chi connectivity index (χ0n) is 13.5. The monoisotopic (exact) mass is 312 g/mol. The van der Waals surface area contributed by atoms with E-state index in [1.807, 2.05) is 30.3 Å². The molecule has 23 heavy (non-hydrogen) atoms. The van der Waals surface area contributed by atoms with Crippen LogP contribution in [0, 0.1) is 0 Å². The fraction of sp³-hybridized carbons (Fsp3) is 0.450. The lowest BCUT2D eigenvalue weighted by atomic mass is 9.82.